The van der Waals surface area contributed by atoms with Gasteiger partial charge >= 0.3 is 5.97 Å². The zero-order chi connectivity index (χ0) is 22.1. The van der Waals surface area contributed by atoms with E-state index in [-0.39, 0.29) is 17.4 Å². The monoisotopic (exact) mass is 437 g/mol. The van der Waals surface area contributed by atoms with E-state index in [0.717, 1.165) is 37.5 Å². The molecule has 32 heavy (non-hydrogen) atoms. The SMILES string of the molecule is C1CC2CCCC(C1)C2.O=C(O)c1nc2ccccc2c(=O)n1C1CC2CCCC(C1)N2. The Bertz CT molecular complexity index is 1000. The van der Waals surface area contributed by atoms with Crippen molar-refractivity contribution in [2.24, 2.45) is 11.8 Å². The van der Waals surface area contributed by atoms with E-state index in [4.69, 9.17) is 0 Å². The Morgan fingerprint density at radius 1 is 0.906 bits per heavy atom. The lowest BCUT2D eigenvalue weighted by molar-refractivity contribution is 0.0666. The van der Waals surface area contributed by atoms with Gasteiger partial charge in [-0.1, -0.05) is 57.1 Å². The van der Waals surface area contributed by atoms with Crippen molar-refractivity contribution in [1.82, 2.24) is 14.9 Å². The number of rotatable bonds is 2. The van der Waals surface area contributed by atoms with Crippen molar-refractivity contribution < 1.29 is 9.90 Å². The van der Waals surface area contributed by atoms with Crippen LogP contribution in [0.25, 0.3) is 10.9 Å². The summed E-state index contributed by atoms with van der Waals surface area (Å²) in [4.78, 5) is 28.8. The maximum absolute atomic E-state index is 12.9. The Labute approximate surface area is 189 Å². The van der Waals surface area contributed by atoms with Crippen LogP contribution in [-0.4, -0.2) is 32.7 Å². The van der Waals surface area contributed by atoms with Gasteiger partial charge in [0.15, 0.2) is 0 Å². The summed E-state index contributed by atoms with van der Waals surface area (Å²) in [7, 11) is 0. The Balaban J connectivity index is 0.000000199. The zero-order valence-corrected chi connectivity index (χ0v) is 18.8. The molecule has 0 radical (unpaired) electrons. The standard InChI is InChI=1S/C17H19N3O3.C9H16/c21-16-13-6-1-2-7-14(13)19-15(17(22)23)20(16)12-8-10-4-3-5-11(9-12)18-10;1-3-8-5-2-6-9(4-1)7-8/h1-2,6-7,10-12,18H,3-5,8-9H2,(H,22,23);8-9H,1-7H2. The molecule has 2 saturated carbocycles. The molecule has 4 fully saturated rings. The van der Waals surface area contributed by atoms with Crippen molar-refractivity contribution in [1.29, 1.82) is 0 Å². The predicted molar refractivity (Wildman–Crippen MR) is 125 cm³/mol. The number of hydrogen-bond acceptors (Lipinski definition) is 4. The van der Waals surface area contributed by atoms with Crippen LogP contribution in [0, 0.1) is 11.8 Å². The van der Waals surface area contributed by atoms with Crippen molar-refractivity contribution in [2.45, 2.75) is 95.2 Å². The van der Waals surface area contributed by atoms with Gasteiger partial charge < -0.3 is 10.4 Å². The summed E-state index contributed by atoms with van der Waals surface area (Å²) in [5.41, 5.74) is 0.207. The van der Waals surface area contributed by atoms with E-state index in [2.05, 4.69) is 10.3 Å². The van der Waals surface area contributed by atoms with E-state index >= 15 is 0 Å². The maximum atomic E-state index is 12.9. The molecule has 4 bridgehead atoms. The number of aromatic carboxylic acids is 1. The smallest absolute Gasteiger partial charge is 0.372 e. The molecule has 2 saturated heterocycles. The van der Waals surface area contributed by atoms with Crippen LogP contribution in [-0.2, 0) is 0 Å². The number of fused-ring (bicyclic) bond motifs is 5. The molecule has 4 aliphatic rings. The van der Waals surface area contributed by atoms with Crippen LogP contribution in [0.4, 0.5) is 0 Å². The number of carbonyl (C=O) groups is 1. The van der Waals surface area contributed by atoms with Gasteiger partial charge in [-0.05, 0) is 56.1 Å². The van der Waals surface area contributed by atoms with E-state index in [9.17, 15) is 14.7 Å². The van der Waals surface area contributed by atoms with Crippen LogP contribution >= 0.6 is 0 Å². The largest absolute Gasteiger partial charge is 0.475 e. The Kier molecular flexibility index (Phi) is 6.31. The molecule has 172 valence electrons. The van der Waals surface area contributed by atoms with Gasteiger partial charge in [0.25, 0.3) is 5.56 Å². The first kappa shape index (κ1) is 21.6. The molecule has 1 aromatic heterocycles. The number of benzene rings is 1. The highest BCUT2D eigenvalue weighted by molar-refractivity contribution is 5.87. The van der Waals surface area contributed by atoms with E-state index in [1.54, 1.807) is 56.4 Å². The lowest BCUT2D eigenvalue weighted by Gasteiger charge is -2.41. The fourth-order valence-corrected chi connectivity index (χ4v) is 6.70. The molecule has 2 atom stereocenters. The fraction of sp³-hybridized carbons (Fsp3) is 0.654. The minimum atomic E-state index is -1.14. The van der Waals surface area contributed by atoms with Crippen molar-refractivity contribution in [3.05, 3.63) is 40.4 Å². The average molecular weight is 438 g/mol. The van der Waals surface area contributed by atoms with E-state index < -0.39 is 5.97 Å². The third-order valence-electron chi connectivity index (χ3n) is 8.17. The summed E-state index contributed by atoms with van der Waals surface area (Å²) in [6.45, 7) is 0. The minimum Gasteiger partial charge on any atom is -0.475 e. The quantitative estimate of drug-likeness (QED) is 0.697. The number of hydrogen-bond donors (Lipinski definition) is 2. The molecule has 0 amide bonds. The maximum Gasteiger partial charge on any atom is 0.372 e. The second kappa shape index (κ2) is 9.34. The topological polar surface area (TPSA) is 84.2 Å². The molecule has 3 heterocycles. The number of para-hydroxylation sites is 1. The van der Waals surface area contributed by atoms with Crippen LogP contribution in [0.2, 0.25) is 0 Å². The van der Waals surface area contributed by atoms with Crippen LogP contribution in [0.1, 0.15) is 93.7 Å². The van der Waals surface area contributed by atoms with Crippen molar-refractivity contribution in [3.63, 3.8) is 0 Å². The normalized spacial score (nSPS) is 31.4. The molecule has 2 aliphatic heterocycles. The number of carboxylic acid groups (broad SMARTS) is 1. The number of nitrogens with zero attached hydrogens (tertiary/aromatic N) is 2. The first-order valence-electron chi connectivity index (χ1n) is 12.6. The second-order valence-electron chi connectivity index (χ2n) is 10.4. The molecule has 0 spiro atoms. The summed E-state index contributed by atoms with van der Waals surface area (Å²) >= 11 is 0. The van der Waals surface area contributed by atoms with Gasteiger partial charge in [0.1, 0.15) is 0 Å². The van der Waals surface area contributed by atoms with E-state index in [1.165, 1.54) is 23.8 Å². The second-order valence-corrected chi connectivity index (χ2v) is 10.4. The van der Waals surface area contributed by atoms with Crippen LogP contribution in [0.3, 0.4) is 0 Å². The van der Waals surface area contributed by atoms with Crippen molar-refractivity contribution in [2.75, 3.05) is 0 Å². The number of aromatic nitrogens is 2. The van der Waals surface area contributed by atoms with Gasteiger partial charge in [0.2, 0.25) is 5.82 Å². The van der Waals surface area contributed by atoms with E-state index in [1.807, 2.05) is 0 Å². The van der Waals surface area contributed by atoms with Crippen LogP contribution in [0.5, 0.6) is 0 Å². The Hall–Kier alpha value is -2.21. The number of carboxylic acids is 1. The van der Waals surface area contributed by atoms with Crippen molar-refractivity contribution in [3.8, 4) is 0 Å². The number of piperidine rings is 2. The molecule has 6 rings (SSSR count). The first-order valence-corrected chi connectivity index (χ1v) is 12.6. The predicted octanol–water partition coefficient (Wildman–Crippen LogP) is 4.92. The molecule has 6 heteroatoms. The molecule has 1 aromatic carbocycles. The van der Waals surface area contributed by atoms with Gasteiger partial charge in [0.05, 0.1) is 10.9 Å². The fourth-order valence-electron chi connectivity index (χ4n) is 6.70. The molecular weight excluding hydrogens is 402 g/mol. The summed E-state index contributed by atoms with van der Waals surface area (Å²) in [6.07, 6.45) is 15.8. The first-order chi connectivity index (χ1) is 15.6. The minimum absolute atomic E-state index is 0.0951. The third-order valence-corrected chi connectivity index (χ3v) is 8.17. The summed E-state index contributed by atoms with van der Waals surface area (Å²) in [5.74, 6) is 1.02. The Morgan fingerprint density at radius 2 is 1.50 bits per heavy atom. The van der Waals surface area contributed by atoms with E-state index in [0.29, 0.717) is 23.0 Å². The Morgan fingerprint density at radius 3 is 2.09 bits per heavy atom. The van der Waals surface area contributed by atoms with Crippen LogP contribution in [0.15, 0.2) is 29.1 Å². The summed E-state index contributed by atoms with van der Waals surface area (Å²) in [6, 6.07) is 7.59. The lowest BCUT2D eigenvalue weighted by atomic mass is 9.72. The molecular formula is C26H35N3O3. The third kappa shape index (κ3) is 4.47. The van der Waals surface area contributed by atoms with Gasteiger partial charge in [-0.25, -0.2) is 9.78 Å². The lowest BCUT2D eigenvalue weighted by Crippen LogP contribution is -2.50. The highest BCUT2D eigenvalue weighted by atomic mass is 16.4. The van der Waals surface area contributed by atoms with Gasteiger partial charge in [-0.2, -0.15) is 0 Å². The molecule has 6 nitrogen and oxygen atoms in total. The summed E-state index contributed by atoms with van der Waals surface area (Å²) in [5, 5.41) is 13.6. The average Bonchev–Trinajstić information content (AvgIpc) is 2.79. The molecule has 2 aliphatic carbocycles. The van der Waals surface area contributed by atoms with Crippen molar-refractivity contribution >= 4 is 16.9 Å². The van der Waals surface area contributed by atoms with Gasteiger partial charge in [-0.15, -0.1) is 0 Å². The zero-order valence-electron chi connectivity index (χ0n) is 18.8. The molecule has 2 aromatic rings. The molecule has 2 unspecified atom stereocenters. The van der Waals surface area contributed by atoms with Gasteiger partial charge in [-0.3, -0.25) is 9.36 Å². The van der Waals surface area contributed by atoms with Crippen LogP contribution < -0.4 is 10.9 Å². The highest BCUT2D eigenvalue weighted by Crippen LogP contribution is 2.39. The number of nitrogens with one attached hydrogen (secondary N) is 1. The highest BCUT2D eigenvalue weighted by Gasteiger charge is 2.34. The molecule has 2 N–H and O–H groups in total. The summed E-state index contributed by atoms with van der Waals surface area (Å²) < 4.78 is 1.43. The van der Waals surface area contributed by atoms with Gasteiger partial charge in [0, 0.05) is 18.1 Å².